The molecule has 0 atom stereocenters. The highest BCUT2D eigenvalue weighted by molar-refractivity contribution is 6.06. The van der Waals surface area contributed by atoms with Gasteiger partial charge in [-0.1, -0.05) is 66.2 Å². The highest BCUT2D eigenvalue weighted by Crippen LogP contribution is 2.28. The summed E-state index contributed by atoms with van der Waals surface area (Å²) < 4.78 is 0. The fraction of sp³-hybridized carbons (Fsp3) is 0.0952. The van der Waals surface area contributed by atoms with Crippen molar-refractivity contribution in [2.24, 2.45) is 0 Å². The zero-order chi connectivity index (χ0) is 14.9. The maximum absolute atomic E-state index is 4.94. The Morgan fingerprint density at radius 2 is 1.45 bits per heavy atom. The van der Waals surface area contributed by atoms with Crippen LogP contribution in [0.1, 0.15) is 16.8 Å². The average molecular weight is 283 g/mol. The van der Waals surface area contributed by atoms with Crippen LogP contribution in [0.25, 0.3) is 21.7 Å². The fourth-order valence-electron chi connectivity index (χ4n) is 3.06. The van der Waals surface area contributed by atoms with E-state index in [1.165, 1.54) is 27.3 Å². The van der Waals surface area contributed by atoms with E-state index in [1.807, 2.05) is 0 Å². The number of nitrogens with zero attached hydrogens (tertiary/aromatic N) is 1. The Bertz CT molecular complexity index is 955. The minimum absolute atomic E-state index is 0.866. The summed E-state index contributed by atoms with van der Waals surface area (Å²) in [6.07, 6.45) is 0.866. The van der Waals surface area contributed by atoms with E-state index in [0.29, 0.717) is 0 Å². The predicted octanol–water partition coefficient (Wildman–Crippen LogP) is 5.29. The quantitative estimate of drug-likeness (QED) is 0.456. The van der Waals surface area contributed by atoms with E-state index in [9.17, 15) is 0 Å². The van der Waals surface area contributed by atoms with Crippen molar-refractivity contribution in [2.75, 3.05) is 0 Å². The highest BCUT2D eigenvalue weighted by atomic mass is 14.7. The van der Waals surface area contributed by atoms with Crippen molar-refractivity contribution in [1.82, 2.24) is 4.98 Å². The van der Waals surface area contributed by atoms with Gasteiger partial charge in [0.1, 0.15) is 0 Å². The monoisotopic (exact) mass is 283 g/mol. The summed E-state index contributed by atoms with van der Waals surface area (Å²) in [4.78, 5) is 4.94. The van der Waals surface area contributed by atoms with E-state index in [-0.39, 0.29) is 0 Å². The first-order valence-corrected chi connectivity index (χ1v) is 7.63. The molecule has 1 nitrogen and oxygen atoms in total. The molecule has 0 N–H and O–H groups in total. The van der Waals surface area contributed by atoms with Gasteiger partial charge in [-0.2, -0.15) is 0 Å². The summed E-state index contributed by atoms with van der Waals surface area (Å²) in [6, 6.07) is 25.6. The normalized spacial score (nSPS) is 11.1. The van der Waals surface area contributed by atoms with Crippen LogP contribution in [-0.2, 0) is 6.42 Å². The van der Waals surface area contributed by atoms with Gasteiger partial charge in [0.05, 0.1) is 11.2 Å². The maximum Gasteiger partial charge on any atom is 0.0712 e. The Labute approximate surface area is 130 Å². The number of fused-ring (bicyclic) bond motifs is 3. The Morgan fingerprint density at radius 1 is 0.727 bits per heavy atom. The van der Waals surface area contributed by atoms with Gasteiger partial charge in [0, 0.05) is 17.2 Å². The number of aryl methyl sites for hydroxylation is 1. The van der Waals surface area contributed by atoms with Gasteiger partial charge < -0.3 is 0 Å². The molecule has 0 aliphatic heterocycles. The van der Waals surface area contributed by atoms with E-state index in [1.54, 1.807) is 0 Å². The molecule has 106 valence electrons. The molecule has 4 rings (SSSR count). The smallest absolute Gasteiger partial charge is 0.0712 e. The predicted molar refractivity (Wildman–Crippen MR) is 93.2 cm³/mol. The van der Waals surface area contributed by atoms with Gasteiger partial charge in [0.25, 0.3) is 0 Å². The molecule has 0 saturated carbocycles. The highest BCUT2D eigenvalue weighted by Gasteiger charge is 2.08. The molecule has 1 heterocycles. The number of hydrogen-bond acceptors (Lipinski definition) is 1. The van der Waals surface area contributed by atoms with Crippen LogP contribution in [-0.4, -0.2) is 4.98 Å². The molecule has 0 amide bonds. The van der Waals surface area contributed by atoms with Crippen molar-refractivity contribution in [1.29, 1.82) is 0 Å². The topological polar surface area (TPSA) is 12.9 Å². The lowest BCUT2D eigenvalue weighted by Gasteiger charge is -2.10. The lowest BCUT2D eigenvalue weighted by molar-refractivity contribution is 1.12. The van der Waals surface area contributed by atoms with E-state index in [2.05, 4.69) is 79.7 Å². The third-order valence-electron chi connectivity index (χ3n) is 4.15. The molecule has 1 aromatic heterocycles. The minimum atomic E-state index is 0.866. The molecule has 0 bridgehead atoms. The summed E-state index contributed by atoms with van der Waals surface area (Å²) in [5.41, 5.74) is 4.80. The second-order valence-corrected chi connectivity index (χ2v) is 5.79. The average Bonchev–Trinajstić information content (AvgIpc) is 2.57. The van der Waals surface area contributed by atoms with Crippen molar-refractivity contribution in [3.8, 4) is 0 Å². The van der Waals surface area contributed by atoms with Crippen LogP contribution >= 0.6 is 0 Å². The van der Waals surface area contributed by atoms with Crippen LogP contribution in [0.3, 0.4) is 0 Å². The van der Waals surface area contributed by atoms with Gasteiger partial charge >= 0.3 is 0 Å². The van der Waals surface area contributed by atoms with Crippen LogP contribution in [0.2, 0.25) is 0 Å². The molecule has 0 aliphatic rings. The van der Waals surface area contributed by atoms with Gasteiger partial charge in [-0.25, -0.2) is 0 Å². The Kier molecular flexibility index (Phi) is 3.12. The number of aromatic nitrogens is 1. The van der Waals surface area contributed by atoms with Crippen molar-refractivity contribution < 1.29 is 0 Å². The van der Waals surface area contributed by atoms with Crippen LogP contribution < -0.4 is 0 Å². The van der Waals surface area contributed by atoms with Gasteiger partial charge in [-0.05, 0) is 30.0 Å². The lowest BCUT2D eigenvalue weighted by atomic mass is 9.99. The molecule has 4 aromatic rings. The van der Waals surface area contributed by atoms with Crippen molar-refractivity contribution in [2.45, 2.75) is 13.3 Å². The van der Waals surface area contributed by atoms with Gasteiger partial charge in [0.2, 0.25) is 0 Å². The lowest BCUT2D eigenvalue weighted by Crippen LogP contribution is -1.95. The van der Waals surface area contributed by atoms with E-state index < -0.39 is 0 Å². The molecule has 0 fully saturated rings. The van der Waals surface area contributed by atoms with Gasteiger partial charge in [-0.15, -0.1) is 0 Å². The first-order chi connectivity index (χ1) is 10.8. The summed E-state index contributed by atoms with van der Waals surface area (Å²) in [7, 11) is 0. The van der Waals surface area contributed by atoms with Crippen molar-refractivity contribution in [3.05, 3.63) is 89.6 Å². The molecule has 0 unspecified atom stereocenters. The minimum Gasteiger partial charge on any atom is -0.252 e. The first-order valence-electron chi connectivity index (χ1n) is 7.63. The molecule has 0 spiro atoms. The summed E-state index contributed by atoms with van der Waals surface area (Å²) in [5.74, 6) is 0. The summed E-state index contributed by atoms with van der Waals surface area (Å²) >= 11 is 0. The molecule has 0 aliphatic carbocycles. The van der Waals surface area contributed by atoms with E-state index in [0.717, 1.165) is 17.6 Å². The third kappa shape index (κ3) is 2.25. The Morgan fingerprint density at radius 3 is 2.27 bits per heavy atom. The SMILES string of the molecule is Cc1ccc2nc(Cc3ccccc3)c3ccccc3c2c1. The van der Waals surface area contributed by atoms with Gasteiger partial charge in [-0.3, -0.25) is 4.98 Å². The largest absolute Gasteiger partial charge is 0.252 e. The van der Waals surface area contributed by atoms with Crippen molar-refractivity contribution in [3.63, 3.8) is 0 Å². The molecule has 0 saturated heterocycles. The number of benzene rings is 3. The first kappa shape index (κ1) is 13.0. The second kappa shape index (κ2) is 5.27. The summed E-state index contributed by atoms with van der Waals surface area (Å²) in [6.45, 7) is 2.13. The number of rotatable bonds is 2. The number of hydrogen-bond donors (Lipinski definition) is 0. The molecule has 22 heavy (non-hydrogen) atoms. The van der Waals surface area contributed by atoms with Crippen LogP contribution in [0.15, 0.2) is 72.8 Å². The maximum atomic E-state index is 4.94. The molecular weight excluding hydrogens is 266 g/mol. The van der Waals surface area contributed by atoms with Crippen molar-refractivity contribution >= 4 is 21.7 Å². The Hall–Kier alpha value is -2.67. The zero-order valence-corrected chi connectivity index (χ0v) is 12.6. The third-order valence-corrected chi connectivity index (χ3v) is 4.15. The van der Waals surface area contributed by atoms with Crippen LogP contribution in [0, 0.1) is 6.92 Å². The summed E-state index contributed by atoms with van der Waals surface area (Å²) in [5, 5.41) is 3.79. The van der Waals surface area contributed by atoms with Crippen LogP contribution in [0.5, 0.6) is 0 Å². The Balaban J connectivity index is 1.99. The zero-order valence-electron chi connectivity index (χ0n) is 12.6. The molecular formula is C21H17N. The molecule has 3 aromatic carbocycles. The van der Waals surface area contributed by atoms with Gasteiger partial charge in [0.15, 0.2) is 0 Å². The molecule has 1 heteroatoms. The fourth-order valence-corrected chi connectivity index (χ4v) is 3.06. The second-order valence-electron chi connectivity index (χ2n) is 5.79. The standard InChI is InChI=1S/C21H17N/c1-15-11-12-20-19(13-15)17-9-5-6-10-18(17)21(22-20)14-16-7-3-2-4-8-16/h2-13H,14H2,1H3. The molecule has 0 radical (unpaired) electrons. The van der Waals surface area contributed by atoms with E-state index in [4.69, 9.17) is 4.98 Å². The van der Waals surface area contributed by atoms with Crippen LogP contribution in [0.4, 0.5) is 0 Å². The number of pyridine rings is 1. The van der Waals surface area contributed by atoms with E-state index >= 15 is 0 Å².